The molecule has 2 heterocycles. The molecule has 2 amide bonds. The van der Waals surface area contributed by atoms with Crippen LogP contribution in [0.2, 0.25) is 0 Å². The molecule has 30 heavy (non-hydrogen) atoms. The van der Waals surface area contributed by atoms with Crippen molar-refractivity contribution in [2.45, 2.75) is 26.8 Å². The van der Waals surface area contributed by atoms with Crippen LogP contribution >= 0.6 is 0 Å². The summed E-state index contributed by atoms with van der Waals surface area (Å²) in [5.41, 5.74) is 2.04. The zero-order chi connectivity index (χ0) is 22.7. The molecule has 1 atom stereocenters. The molecule has 1 aromatic heterocycles. The minimum atomic E-state index is -3.41. The molecule has 2 rings (SSSR count). The molecule has 0 aliphatic carbocycles. The van der Waals surface area contributed by atoms with Crippen LogP contribution in [-0.4, -0.2) is 91.3 Å². The SMILES string of the molecule is Cc1cc(C)n(CCCNC(=O)C2COCCN(C(=O)CS(C)(=O)=O)C2)n1.O=CO. The molecule has 2 N–H and O–H groups in total. The fourth-order valence-electron chi connectivity index (χ4n) is 3.00. The van der Waals surface area contributed by atoms with Crippen LogP contribution in [-0.2, 0) is 35.5 Å². The molecule has 0 saturated carbocycles. The van der Waals surface area contributed by atoms with E-state index in [-0.39, 0.29) is 38.7 Å². The van der Waals surface area contributed by atoms with Gasteiger partial charge in [0.1, 0.15) is 5.75 Å². The van der Waals surface area contributed by atoms with Crippen LogP contribution < -0.4 is 5.32 Å². The highest BCUT2D eigenvalue weighted by Gasteiger charge is 2.28. The Morgan fingerprint density at radius 3 is 2.63 bits per heavy atom. The molecule has 1 unspecified atom stereocenters. The normalized spacial score (nSPS) is 16.8. The molecule has 0 aromatic carbocycles. The number of amides is 2. The van der Waals surface area contributed by atoms with Crippen molar-refractivity contribution in [2.24, 2.45) is 5.92 Å². The smallest absolute Gasteiger partial charge is 0.290 e. The van der Waals surface area contributed by atoms with Crippen molar-refractivity contribution >= 4 is 28.1 Å². The van der Waals surface area contributed by atoms with Gasteiger partial charge in [0.15, 0.2) is 9.84 Å². The van der Waals surface area contributed by atoms with Gasteiger partial charge in [-0.25, -0.2) is 8.42 Å². The third-order valence-electron chi connectivity index (χ3n) is 4.32. The van der Waals surface area contributed by atoms with Gasteiger partial charge in [-0.2, -0.15) is 5.10 Å². The van der Waals surface area contributed by atoms with Crippen molar-refractivity contribution in [1.29, 1.82) is 0 Å². The van der Waals surface area contributed by atoms with Gasteiger partial charge in [0.2, 0.25) is 11.8 Å². The highest BCUT2D eigenvalue weighted by Crippen LogP contribution is 2.09. The largest absolute Gasteiger partial charge is 0.483 e. The second-order valence-electron chi connectivity index (χ2n) is 7.08. The summed E-state index contributed by atoms with van der Waals surface area (Å²) in [7, 11) is -3.41. The third-order valence-corrected chi connectivity index (χ3v) is 5.10. The average molecular weight is 447 g/mol. The van der Waals surface area contributed by atoms with E-state index in [2.05, 4.69) is 10.4 Å². The summed E-state index contributed by atoms with van der Waals surface area (Å²) < 4.78 is 30.0. The summed E-state index contributed by atoms with van der Waals surface area (Å²) in [6, 6.07) is 2.00. The first-order chi connectivity index (χ1) is 14.1. The minimum Gasteiger partial charge on any atom is -0.483 e. The first-order valence-electron chi connectivity index (χ1n) is 9.47. The number of sulfone groups is 1. The predicted octanol–water partition coefficient (Wildman–Crippen LogP) is -0.773. The highest BCUT2D eigenvalue weighted by molar-refractivity contribution is 7.91. The number of nitrogens with zero attached hydrogens (tertiary/aromatic N) is 3. The molecule has 0 spiro atoms. The standard InChI is InChI=1S/C17H28N4O5S.CH2O2/c1-13-9-14(2)21(19-13)6-4-5-18-17(23)15-10-20(7-8-26-11-15)16(22)12-27(3,24)25;2-1-3/h9,15H,4-8,10-12H2,1-3H3,(H,18,23);1H,(H,2,3). The van der Waals surface area contributed by atoms with Crippen LogP contribution in [0.3, 0.4) is 0 Å². The number of hydrogen-bond donors (Lipinski definition) is 2. The number of hydrogen-bond acceptors (Lipinski definition) is 7. The Balaban J connectivity index is 0.00000141. The van der Waals surface area contributed by atoms with Crippen molar-refractivity contribution in [3.05, 3.63) is 17.5 Å². The third kappa shape index (κ3) is 9.35. The molecule has 1 aliphatic heterocycles. The van der Waals surface area contributed by atoms with Crippen LogP contribution in [0.25, 0.3) is 0 Å². The Morgan fingerprint density at radius 1 is 1.40 bits per heavy atom. The van der Waals surface area contributed by atoms with Gasteiger partial charge < -0.3 is 20.1 Å². The van der Waals surface area contributed by atoms with E-state index in [1.165, 1.54) is 4.90 Å². The van der Waals surface area contributed by atoms with Crippen LogP contribution in [0.1, 0.15) is 17.8 Å². The van der Waals surface area contributed by atoms with E-state index in [4.69, 9.17) is 14.6 Å². The lowest BCUT2D eigenvalue weighted by molar-refractivity contribution is -0.131. The molecule has 1 fully saturated rings. The topological polar surface area (TPSA) is 148 Å². The van der Waals surface area contributed by atoms with Gasteiger partial charge in [-0.05, 0) is 26.3 Å². The summed E-state index contributed by atoms with van der Waals surface area (Å²) >= 11 is 0. The van der Waals surface area contributed by atoms with Gasteiger partial charge in [0.25, 0.3) is 6.47 Å². The molecule has 1 aromatic rings. The van der Waals surface area contributed by atoms with Gasteiger partial charge in [0.05, 0.1) is 24.8 Å². The molecule has 0 bridgehead atoms. The van der Waals surface area contributed by atoms with Crippen molar-refractivity contribution in [3.63, 3.8) is 0 Å². The second-order valence-corrected chi connectivity index (χ2v) is 9.22. The van der Waals surface area contributed by atoms with Gasteiger partial charge in [-0.15, -0.1) is 0 Å². The lowest BCUT2D eigenvalue weighted by atomic mass is 10.1. The Morgan fingerprint density at radius 2 is 2.07 bits per heavy atom. The summed E-state index contributed by atoms with van der Waals surface area (Å²) in [6.45, 7) is 5.83. The molecule has 11 nitrogen and oxygen atoms in total. The molecule has 1 aliphatic rings. The number of nitrogens with one attached hydrogen (secondary N) is 1. The molecule has 1 saturated heterocycles. The maximum atomic E-state index is 12.4. The monoisotopic (exact) mass is 446 g/mol. The number of rotatable bonds is 7. The van der Waals surface area contributed by atoms with E-state index in [1.807, 2.05) is 24.6 Å². The van der Waals surface area contributed by atoms with Crippen LogP contribution in [0, 0.1) is 19.8 Å². The summed E-state index contributed by atoms with van der Waals surface area (Å²) in [4.78, 5) is 34.3. The number of carbonyl (C=O) groups excluding carboxylic acids is 2. The maximum absolute atomic E-state index is 12.4. The Hall–Kier alpha value is -2.47. The van der Waals surface area contributed by atoms with E-state index in [0.717, 1.165) is 24.1 Å². The number of aromatic nitrogens is 2. The van der Waals surface area contributed by atoms with Crippen LogP contribution in [0.15, 0.2) is 6.07 Å². The quantitative estimate of drug-likeness (QED) is 0.410. The summed E-state index contributed by atoms with van der Waals surface area (Å²) in [6.07, 6.45) is 1.75. The average Bonchev–Trinajstić information content (AvgIpc) is 2.84. The van der Waals surface area contributed by atoms with Crippen LogP contribution in [0.5, 0.6) is 0 Å². The number of carboxylic acid groups (broad SMARTS) is 1. The Labute approximate surface area is 176 Å². The van der Waals surface area contributed by atoms with Crippen molar-refractivity contribution in [3.8, 4) is 0 Å². The first kappa shape index (κ1) is 25.6. The van der Waals surface area contributed by atoms with Crippen LogP contribution in [0.4, 0.5) is 0 Å². The molecule has 0 radical (unpaired) electrons. The zero-order valence-corrected chi connectivity index (χ0v) is 18.4. The fraction of sp³-hybridized carbons (Fsp3) is 0.667. The number of carbonyl (C=O) groups is 3. The fourth-order valence-corrected chi connectivity index (χ4v) is 3.63. The second kappa shape index (κ2) is 12.3. The van der Waals surface area contributed by atoms with Crippen molar-refractivity contribution in [2.75, 3.05) is 44.9 Å². The van der Waals surface area contributed by atoms with E-state index >= 15 is 0 Å². The molecular weight excluding hydrogens is 416 g/mol. The lowest BCUT2D eigenvalue weighted by Crippen LogP contribution is -2.43. The Kier molecular flexibility index (Phi) is 10.5. The highest BCUT2D eigenvalue weighted by atomic mass is 32.2. The van der Waals surface area contributed by atoms with Gasteiger partial charge in [-0.3, -0.25) is 19.1 Å². The minimum absolute atomic E-state index is 0.164. The number of aryl methyl sites for hydroxylation is 3. The van der Waals surface area contributed by atoms with Gasteiger partial charge in [0, 0.05) is 38.1 Å². The van der Waals surface area contributed by atoms with E-state index in [9.17, 15) is 18.0 Å². The van der Waals surface area contributed by atoms with Crippen molar-refractivity contribution < 1.29 is 32.6 Å². The molecule has 170 valence electrons. The Bertz CT molecular complexity index is 823. The van der Waals surface area contributed by atoms with E-state index in [1.54, 1.807) is 0 Å². The summed E-state index contributed by atoms with van der Waals surface area (Å²) in [5, 5.41) is 14.1. The molecule has 12 heteroatoms. The zero-order valence-electron chi connectivity index (χ0n) is 17.5. The predicted molar refractivity (Wildman–Crippen MR) is 109 cm³/mol. The summed E-state index contributed by atoms with van der Waals surface area (Å²) in [5.74, 6) is -1.75. The molecular formula is C18H30N4O7S. The van der Waals surface area contributed by atoms with E-state index < -0.39 is 27.4 Å². The van der Waals surface area contributed by atoms with Gasteiger partial charge >= 0.3 is 0 Å². The van der Waals surface area contributed by atoms with Crippen molar-refractivity contribution in [1.82, 2.24) is 20.0 Å². The van der Waals surface area contributed by atoms with E-state index in [0.29, 0.717) is 13.1 Å². The first-order valence-corrected chi connectivity index (χ1v) is 11.5. The van der Waals surface area contributed by atoms with Gasteiger partial charge in [-0.1, -0.05) is 0 Å². The number of ether oxygens (including phenoxy) is 1. The lowest BCUT2D eigenvalue weighted by Gasteiger charge is -2.23. The maximum Gasteiger partial charge on any atom is 0.290 e.